The molecule has 0 unspecified atom stereocenters. The lowest BCUT2D eigenvalue weighted by Gasteiger charge is -2.11. The molecule has 0 aliphatic rings. The Morgan fingerprint density at radius 1 is 1.04 bits per heavy atom. The highest BCUT2D eigenvalue weighted by Gasteiger charge is 2.14. The Labute approximate surface area is 172 Å². The lowest BCUT2D eigenvalue weighted by molar-refractivity contribution is -0.140. The fraction of sp³-hybridized carbons (Fsp3) is 0.190. The summed E-state index contributed by atoms with van der Waals surface area (Å²) in [6.45, 7) is 1.86. The van der Waals surface area contributed by atoms with Crippen LogP contribution < -0.4 is 10.6 Å². The van der Waals surface area contributed by atoms with Gasteiger partial charge in [-0.15, -0.1) is 0 Å². The second-order valence-corrected chi connectivity index (χ2v) is 6.79. The predicted molar refractivity (Wildman–Crippen MR) is 110 cm³/mol. The van der Waals surface area contributed by atoms with Crippen LogP contribution in [-0.4, -0.2) is 30.9 Å². The summed E-state index contributed by atoms with van der Waals surface area (Å²) in [4.78, 5) is 35.8. The zero-order valence-electron chi connectivity index (χ0n) is 15.4. The Kier molecular flexibility index (Phi) is 8.42. The fourth-order valence-corrected chi connectivity index (χ4v) is 2.52. The predicted octanol–water partition coefficient (Wildman–Crippen LogP) is 3.29. The van der Waals surface area contributed by atoms with Crippen molar-refractivity contribution < 1.29 is 19.1 Å². The first-order valence-electron chi connectivity index (χ1n) is 8.71. The maximum absolute atomic E-state index is 12.6. The molecule has 0 aliphatic carbocycles. The summed E-state index contributed by atoms with van der Waals surface area (Å²) in [6.07, 6.45) is 2.09. The maximum Gasteiger partial charge on any atom is 0.302 e. The molecule has 146 valence electrons. The van der Waals surface area contributed by atoms with Gasteiger partial charge in [0.05, 0.1) is 6.61 Å². The number of esters is 1. The van der Waals surface area contributed by atoms with Gasteiger partial charge < -0.3 is 15.4 Å². The van der Waals surface area contributed by atoms with Gasteiger partial charge in [0, 0.05) is 23.5 Å². The van der Waals surface area contributed by atoms with Gasteiger partial charge in [-0.05, 0) is 42.3 Å². The van der Waals surface area contributed by atoms with Gasteiger partial charge in [-0.25, -0.2) is 0 Å². The Morgan fingerprint density at radius 2 is 1.71 bits per heavy atom. The molecule has 28 heavy (non-hydrogen) atoms. The van der Waals surface area contributed by atoms with E-state index in [1.54, 1.807) is 30.3 Å². The van der Waals surface area contributed by atoms with E-state index in [-0.39, 0.29) is 24.2 Å². The third-order valence-corrected chi connectivity index (χ3v) is 4.15. The van der Waals surface area contributed by atoms with Gasteiger partial charge in [0.1, 0.15) is 5.70 Å². The van der Waals surface area contributed by atoms with Crippen LogP contribution in [0.25, 0.3) is 6.08 Å². The number of nitrogens with one attached hydrogen (secondary N) is 2. The molecule has 0 spiro atoms. The highest BCUT2D eigenvalue weighted by Crippen LogP contribution is 2.11. The zero-order chi connectivity index (χ0) is 20.4. The average molecular weight is 445 g/mol. The Bertz CT molecular complexity index is 848. The van der Waals surface area contributed by atoms with Crippen LogP contribution in [0.2, 0.25) is 0 Å². The van der Waals surface area contributed by atoms with Crippen molar-refractivity contribution in [3.8, 4) is 0 Å². The first-order valence-corrected chi connectivity index (χ1v) is 9.50. The SMILES string of the molecule is CC(=O)OCCCNC(=O)C(=Cc1ccccc1)NC(=O)c1ccc(Br)cc1. The molecule has 2 rings (SSSR count). The molecule has 0 saturated carbocycles. The molecule has 0 aliphatic heterocycles. The molecule has 0 fully saturated rings. The molecule has 0 atom stereocenters. The first-order chi connectivity index (χ1) is 13.5. The van der Waals surface area contributed by atoms with Crippen molar-refractivity contribution in [1.29, 1.82) is 0 Å². The fourth-order valence-electron chi connectivity index (χ4n) is 2.26. The van der Waals surface area contributed by atoms with Gasteiger partial charge in [0.2, 0.25) is 0 Å². The van der Waals surface area contributed by atoms with Crippen molar-refractivity contribution in [2.24, 2.45) is 0 Å². The summed E-state index contributed by atoms with van der Waals surface area (Å²) in [5.41, 5.74) is 1.35. The van der Waals surface area contributed by atoms with Crippen LogP contribution in [0, 0.1) is 0 Å². The minimum absolute atomic E-state index is 0.131. The molecule has 0 radical (unpaired) electrons. The van der Waals surface area contributed by atoms with Gasteiger partial charge in [0.15, 0.2) is 0 Å². The Hall–Kier alpha value is -2.93. The van der Waals surface area contributed by atoms with E-state index in [2.05, 4.69) is 26.6 Å². The number of halogens is 1. The quantitative estimate of drug-likeness (QED) is 0.371. The molecule has 0 bridgehead atoms. The zero-order valence-corrected chi connectivity index (χ0v) is 17.0. The molecule has 2 aromatic rings. The largest absolute Gasteiger partial charge is 0.466 e. The Balaban J connectivity index is 2.07. The molecule has 7 heteroatoms. The summed E-state index contributed by atoms with van der Waals surface area (Å²) in [7, 11) is 0. The summed E-state index contributed by atoms with van der Waals surface area (Å²) in [5, 5.41) is 5.39. The van der Waals surface area contributed by atoms with Crippen molar-refractivity contribution in [2.75, 3.05) is 13.2 Å². The summed E-state index contributed by atoms with van der Waals surface area (Å²) in [6, 6.07) is 16.1. The number of carbonyl (C=O) groups excluding carboxylic acids is 3. The number of amides is 2. The van der Waals surface area contributed by atoms with Crippen molar-refractivity contribution in [3.63, 3.8) is 0 Å². The highest BCUT2D eigenvalue weighted by atomic mass is 79.9. The van der Waals surface area contributed by atoms with Crippen LogP contribution in [-0.2, 0) is 14.3 Å². The average Bonchev–Trinajstić information content (AvgIpc) is 2.68. The normalized spacial score (nSPS) is 10.9. The topological polar surface area (TPSA) is 84.5 Å². The monoisotopic (exact) mass is 444 g/mol. The van der Waals surface area contributed by atoms with E-state index in [0.717, 1.165) is 10.0 Å². The van der Waals surface area contributed by atoms with Crippen LogP contribution in [0.4, 0.5) is 0 Å². The van der Waals surface area contributed by atoms with E-state index in [9.17, 15) is 14.4 Å². The van der Waals surface area contributed by atoms with Crippen LogP contribution in [0.15, 0.2) is 64.8 Å². The van der Waals surface area contributed by atoms with E-state index < -0.39 is 5.91 Å². The van der Waals surface area contributed by atoms with E-state index in [4.69, 9.17) is 4.74 Å². The van der Waals surface area contributed by atoms with Crippen LogP contribution in [0.3, 0.4) is 0 Å². The molecule has 2 amide bonds. The minimum atomic E-state index is -0.419. The second-order valence-electron chi connectivity index (χ2n) is 5.88. The van der Waals surface area contributed by atoms with Gasteiger partial charge in [0.25, 0.3) is 11.8 Å². The Morgan fingerprint density at radius 3 is 2.36 bits per heavy atom. The second kappa shape index (κ2) is 11.0. The van der Waals surface area contributed by atoms with E-state index in [1.165, 1.54) is 6.92 Å². The molecule has 6 nitrogen and oxygen atoms in total. The molecule has 0 heterocycles. The van der Waals surface area contributed by atoms with Crippen molar-refractivity contribution in [3.05, 3.63) is 75.9 Å². The molecule has 0 aromatic heterocycles. The van der Waals surface area contributed by atoms with E-state index >= 15 is 0 Å². The molecular formula is C21H21BrN2O4. The van der Waals surface area contributed by atoms with Crippen molar-refractivity contribution >= 4 is 39.8 Å². The van der Waals surface area contributed by atoms with Gasteiger partial charge >= 0.3 is 5.97 Å². The van der Waals surface area contributed by atoms with Gasteiger partial charge in [-0.2, -0.15) is 0 Å². The lowest BCUT2D eigenvalue weighted by atomic mass is 10.1. The van der Waals surface area contributed by atoms with Gasteiger partial charge in [-0.1, -0.05) is 46.3 Å². The van der Waals surface area contributed by atoms with Crippen LogP contribution in [0.5, 0.6) is 0 Å². The number of hydrogen-bond acceptors (Lipinski definition) is 4. The minimum Gasteiger partial charge on any atom is -0.466 e. The third-order valence-electron chi connectivity index (χ3n) is 3.62. The van der Waals surface area contributed by atoms with Gasteiger partial charge in [-0.3, -0.25) is 14.4 Å². The standard InChI is InChI=1S/C21H21BrN2O4/c1-15(25)28-13-5-12-23-21(27)19(14-16-6-3-2-4-7-16)24-20(26)17-8-10-18(22)11-9-17/h2-4,6-11,14H,5,12-13H2,1H3,(H,23,27)(H,24,26). The lowest BCUT2D eigenvalue weighted by Crippen LogP contribution is -2.35. The first kappa shape index (κ1) is 21.4. The van der Waals surface area contributed by atoms with Crippen LogP contribution in [0.1, 0.15) is 29.3 Å². The van der Waals surface area contributed by atoms with Crippen molar-refractivity contribution in [2.45, 2.75) is 13.3 Å². The molecule has 2 aromatic carbocycles. The van der Waals surface area contributed by atoms with Crippen LogP contribution >= 0.6 is 15.9 Å². The highest BCUT2D eigenvalue weighted by molar-refractivity contribution is 9.10. The molecular weight excluding hydrogens is 424 g/mol. The summed E-state index contributed by atoms with van der Waals surface area (Å²) in [5.74, 6) is -1.17. The number of benzene rings is 2. The third kappa shape index (κ3) is 7.36. The molecule has 0 saturated heterocycles. The van der Waals surface area contributed by atoms with E-state index in [1.807, 2.05) is 30.3 Å². The van der Waals surface area contributed by atoms with Crippen molar-refractivity contribution in [1.82, 2.24) is 10.6 Å². The molecule has 2 N–H and O–H groups in total. The van der Waals surface area contributed by atoms with E-state index in [0.29, 0.717) is 18.5 Å². The maximum atomic E-state index is 12.6. The summed E-state index contributed by atoms with van der Waals surface area (Å²) >= 11 is 3.32. The number of ether oxygens (including phenoxy) is 1. The number of hydrogen-bond donors (Lipinski definition) is 2. The summed E-state index contributed by atoms with van der Waals surface area (Å²) < 4.78 is 5.69. The number of carbonyl (C=O) groups is 3. The number of rotatable bonds is 8. The smallest absolute Gasteiger partial charge is 0.302 e.